The minimum Gasteiger partial charge on any atom is -0.357 e. The van der Waals surface area contributed by atoms with Gasteiger partial charge in [0.1, 0.15) is 0 Å². The van der Waals surface area contributed by atoms with Crippen LogP contribution >= 0.6 is 0 Å². The molecule has 0 aromatic heterocycles. The summed E-state index contributed by atoms with van der Waals surface area (Å²) in [5, 5.41) is 9.34. The summed E-state index contributed by atoms with van der Waals surface area (Å²) in [4.78, 5) is 31.1. The molecule has 0 heterocycles. The van der Waals surface area contributed by atoms with Crippen LogP contribution in [-0.4, -0.2) is 62.9 Å². The van der Waals surface area contributed by atoms with Crippen LogP contribution < -0.4 is 16.0 Å². The highest BCUT2D eigenvalue weighted by Crippen LogP contribution is 2.39. The van der Waals surface area contributed by atoms with E-state index in [-0.39, 0.29) is 17.2 Å². The molecule has 7 heteroatoms. The lowest BCUT2D eigenvalue weighted by Crippen LogP contribution is -2.44. The molecule has 0 saturated heterocycles. The first-order valence-corrected chi connectivity index (χ1v) is 10.1. The molecular weight excluding hydrogens is 354 g/mol. The van der Waals surface area contributed by atoms with Gasteiger partial charge in [0.25, 0.3) is 5.91 Å². The van der Waals surface area contributed by atoms with Crippen LogP contribution in [0.5, 0.6) is 0 Å². The SMILES string of the molecule is CCNC(=NCC1(C(=O)N(C)C)CCCC1)NCCNC(=O)c1ccccc1. The Balaban J connectivity index is 1.87. The van der Waals surface area contributed by atoms with E-state index in [1.807, 2.05) is 39.2 Å². The van der Waals surface area contributed by atoms with Crippen molar-refractivity contribution in [2.75, 3.05) is 40.3 Å². The molecule has 1 aromatic carbocycles. The fourth-order valence-corrected chi connectivity index (χ4v) is 3.59. The monoisotopic (exact) mass is 387 g/mol. The fourth-order valence-electron chi connectivity index (χ4n) is 3.59. The highest BCUT2D eigenvalue weighted by atomic mass is 16.2. The van der Waals surface area contributed by atoms with E-state index in [9.17, 15) is 9.59 Å². The summed E-state index contributed by atoms with van der Waals surface area (Å²) in [6.45, 7) is 4.26. The molecular formula is C21H33N5O2. The molecule has 3 N–H and O–H groups in total. The lowest BCUT2D eigenvalue weighted by molar-refractivity contribution is -0.138. The first-order valence-electron chi connectivity index (χ1n) is 10.1. The van der Waals surface area contributed by atoms with Crippen molar-refractivity contribution in [2.45, 2.75) is 32.6 Å². The zero-order chi connectivity index (χ0) is 20.4. The predicted octanol–water partition coefficient (Wildman–Crippen LogP) is 1.62. The summed E-state index contributed by atoms with van der Waals surface area (Å²) in [7, 11) is 3.62. The summed E-state index contributed by atoms with van der Waals surface area (Å²) < 4.78 is 0. The van der Waals surface area contributed by atoms with E-state index in [0.29, 0.717) is 31.2 Å². The number of aliphatic imine (C=N–C) groups is 1. The number of hydrogen-bond donors (Lipinski definition) is 3. The average molecular weight is 388 g/mol. The topological polar surface area (TPSA) is 85.8 Å². The first kappa shape index (κ1) is 21.7. The number of rotatable bonds is 8. The van der Waals surface area contributed by atoms with Gasteiger partial charge < -0.3 is 20.9 Å². The van der Waals surface area contributed by atoms with Crippen molar-refractivity contribution in [3.05, 3.63) is 35.9 Å². The molecule has 0 radical (unpaired) electrons. The second kappa shape index (κ2) is 10.7. The van der Waals surface area contributed by atoms with E-state index in [1.165, 1.54) is 0 Å². The Hall–Kier alpha value is -2.57. The van der Waals surface area contributed by atoms with Crippen molar-refractivity contribution in [3.8, 4) is 0 Å². The van der Waals surface area contributed by atoms with Gasteiger partial charge in [-0.05, 0) is 31.9 Å². The summed E-state index contributed by atoms with van der Waals surface area (Å²) in [6, 6.07) is 9.15. The second-order valence-electron chi connectivity index (χ2n) is 7.43. The molecule has 2 amide bonds. The van der Waals surface area contributed by atoms with Crippen molar-refractivity contribution < 1.29 is 9.59 Å². The van der Waals surface area contributed by atoms with Gasteiger partial charge in [-0.25, -0.2) is 0 Å². The molecule has 1 fully saturated rings. The summed E-state index contributed by atoms with van der Waals surface area (Å²) in [5.41, 5.74) is 0.265. The van der Waals surface area contributed by atoms with E-state index in [4.69, 9.17) is 0 Å². The zero-order valence-corrected chi connectivity index (χ0v) is 17.3. The zero-order valence-electron chi connectivity index (χ0n) is 17.3. The van der Waals surface area contributed by atoms with Crippen molar-refractivity contribution in [1.82, 2.24) is 20.9 Å². The van der Waals surface area contributed by atoms with Gasteiger partial charge in [-0.2, -0.15) is 0 Å². The van der Waals surface area contributed by atoms with Crippen LogP contribution in [0.25, 0.3) is 0 Å². The third kappa shape index (κ3) is 5.97. The van der Waals surface area contributed by atoms with E-state index in [1.54, 1.807) is 17.0 Å². The second-order valence-corrected chi connectivity index (χ2v) is 7.43. The quantitative estimate of drug-likeness (QED) is 0.359. The van der Waals surface area contributed by atoms with Gasteiger partial charge in [-0.3, -0.25) is 14.6 Å². The van der Waals surface area contributed by atoms with E-state index >= 15 is 0 Å². The summed E-state index contributed by atoms with van der Waals surface area (Å²) >= 11 is 0. The number of amides is 2. The van der Waals surface area contributed by atoms with Gasteiger partial charge in [-0.1, -0.05) is 31.0 Å². The lowest BCUT2D eigenvalue weighted by atomic mass is 9.85. The van der Waals surface area contributed by atoms with Gasteiger partial charge >= 0.3 is 0 Å². The van der Waals surface area contributed by atoms with E-state index in [0.717, 1.165) is 32.2 Å². The number of carbonyl (C=O) groups is 2. The third-order valence-electron chi connectivity index (χ3n) is 5.04. The molecule has 0 atom stereocenters. The molecule has 0 spiro atoms. The van der Waals surface area contributed by atoms with Gasteiger partial charge in [0.05, 0.1) is 12.0 Å². The van der Waals surface area contributed by atoms with Crippen molar-refractivity contribution in [1.29, 1.82) is 0 Å². The Labute approximate surface area is 168 Å². The minimum absolute atomic E-state index is 0.0918. The molecule has 1 saturated carbocycles. The number of hydrogen-bond acceptors (Lipinski definition) is 3. The van der Waals surface area contributed by atoms with Gasteiger partial charge in [-0.15, -0.1) is 0 Å². The van der Waals surface area contributed by atoms with Crippen LogP contribution in [0, 0.1) is 5.41 Å². The number of nitrogens with one attached hydrogen (secondary N) is 3. The molecule has 2 rings (SSSR count). The van der Waals surface area contributed by atoms with Crippen LogP contribution in [0.4, 0.5) is 0 Å². The molecule has 28 heavy (non-hydrogen) atoms. The summed E-state index contributed by atoms with van der Waals surface area (Å²) in [5.74, 6) is 0.750. The Morgan fingerprint density at radius 2 is 1.68 bits per heavy atom. The Morgan fingerprint density at radius 1 is 1.04 bits per heavy atom. The van der Waals surface area contributed by atoms with Crippen LogP contribution in [0.2, 0.25) is 0 Å². The first-order chi connectivity index (χ1) is 13.5. The largest absolute Gasteiger partial charge is 0.357 e. The van der Waals surface area contributed by atoms with Crippen LogP contribution in [0.15, 0.2) is 35.3 Å². The molecule has 0 bridgehead atoms. The third-order valence-corrected chi connectivity index (χ3v) is 5.04. The molecule has 1 aliphatic carbocycles. The normalized spacial score (nSPS) is 15.8. The maximum atomic E-state index is 12.7. The van der Waals surface area contributed by atoms with Crippen molar-refractivity contribution >= 4 is 17.8 Å². The molecule has 0 aliphatic heterocycles. The molecule has 154 valence electrons. The van der Waals surface area contributed by atoms with Crippen molar-refractivity contribution in [3.63, 3.8) is 0 Å². The highest BCUT2D eigenvalue weighted by Gasteiger charge is 2.42. The standard InChI is InChI=1S/C21H33N5O2/c1-4-22-20(24-15-14-23-18(27)17-10-6-5-7-11-17)25-16-21(12-8-9-13-21)19(28)26(2)3/h5-7,10-11H,4,8-9,12-16H2,1-3H3,(H,23,27)(H2,22,24,25). The van der Waals surface area contributed by atoms with E-state index in [2.05, 4.69) is 20.9 Å². The number of guanidine groups is 1. The molecule has 1 aliphatic rings. The van der Waals surface area contributed by atoms with Crippen molar-refractivity contribution in [2.24, 2.45) is 10.4 Å². The highest BCUT2D eigenvalue weighted by molar-refractivity contribution is 5.94. The molecule has 7 nitrogen and oxygen atoms in total. The maximum absolute atomic E-state index is 12.7. The lowest BCUT2D eigenvalue weighted by Gasteiger charge is -2.29. The fraction of sp³-hybridized carbons (Fsp3) is 0.571. The van der Waals surface area contributed by atoms with E-state index < -0.39 is 0 Å². The van der Waals surface area contributed by atoms with Crippen LogP contribution in [-0.2, 0) is 4.79 Å². The van der Waals surface area contributed by atoms with Gasteiger partial charge in [0.15, 0.2) is 5.96 Å². The smallest absolute Gasteiger partial charge is 0.251 e. The maximum Gasteiger partial charge on any atom is 0.251 e. The summed E-state index contributed by atoms with van der Waals surface area (Å²) in [6.07, 6.45) is 3.93. The number of carbonyl (C=O) groups excluding carboxylic acids is 2. The van der Waals surface area contributed by atoms with Crippen LogP contribution in [0.1, 0.15) is 43.0 Å². The van der Waals surface area contributed by atoms with Crippen LogP contribution in [0.3, 0.4) is 0 Å². The Bertz CT molecular complexity index is 667. The van der Waals surface area contributed by atoms with Gasteiger partial charge in [0, 0.05) is 39.3 Å². The average Bonchev–Trinajstić information content (AvgIpc) is 3.19. The Kier molecular flexibility index (Phi) is 8.29. The predicted molar refractivity (Wildman–Crippen MR) is 112 cm³/mol. The molecule has 0 unspecified atom stereocenters. The number of benzene rings is 1. The number of nitrogens with zero attached hydrogens (tertiary/aromatic N) is 2. The molecule has 1 aromatic rings. The minimum atomic E-state index is -0.382. The van der Waals surface area contributed by atoms with Gasteiger partial charge in [0.2, 0.25) is 5.91 Å². The Morgan fingerprint density at radius 3 is 2.29 bits per heavy atom.